The lowest BCUT2D eigenvalue weighted by molar-refractivity contribution is 0.438. The van der Waals surface area contributed by atoms with Crippen LogP contribution in [-0.4, -0.2) is 4.98 Å². The van der Waals surface area contributed by atoms with Gasteiger partial charge in [0.2, 0.25) is 0 Å². The van der Waals surface area contributed by atoms with E-state index < -0.39 is 0 Å². The Balaban J connectivity index is 2.10. The molecule has 0 saturated heterocycles. The molecule has 1 aromatic carbocycles. The molecular weight excluding hydrogens is 288 g/mol. The fourth-order valence-electron chi connectivity index (χ4n) is 2.27. The minimum Gasteiger partial charge on any atom is -0.301 e. The average molecular weight is 309 g/mol. The van der Waals surface area contributed by atoms with Gasteiger partial charge in [-0.3, -0.25) is 0 Å². The first kappa shape index (κ1) is 15.5. The lowest BCUT2D eigenvalue weighted by Crippen LogP contribution is -2.24. The molecule has 4 heteroatoms. The van der Waals surface area contributed by atoms with Gasteiger partial charge in [0, 0.05) is 22.1 Å². The topological polar surface area (TPSA) is 24.9 Å². The quantitative estimate of drug-likeness (QED) is 0.783. The number of nitrogens with zero attached hydrogens (tertiary/aromatic N) is 1. The first-order valence-corrected chi connectivity index (χ1v) is 8.29. The molecule has 108 valence electrons. The lowest BCUT2D eigenvalue weighted by Gasteiger charge is -2.22. The first-order chi connectivity index (χ1) is 9.60. The smallest absolute Gasteiger partial charge is 0.110 e. The van der Waals surface area contributed by atoms with Gasteiger partial charge >= 0.3 is 0 Å². The standard InChI is InChI=1S/C16H21ClN2S/c1-4-5-15(13-6-8-14(17)9-7-13)19-12(3)16-18-11(2)10-20-16/h6-10,12,15,19H,4-5H2,1-3H3. The molecule has 1 aromatic heterocycles. The Morgan fingerprint density at radius 1 is 1.30 bits per heavy atom. The van der Waals surface area contributed by atoms with Crippen molar-refractivity contribution in [1.82, 2.24) is 10.3 Å². The third kappa shape index (κ3) is 4.05. The molecule has 0 spiro atoms. The largest absolute Gasteiger partial charge is 0.301 e. The van der Waals surface area contributed by atoms with E-state index in [1.165, 1.54) is 5.56 Å². The summed E-state index contributed by atoms with van der Waals surface area (Å²) >= 11 is 7.69. The highest BCUT2D eigenvalue weighted by Crippen LogP contribution is 2.26. The van der Waals surface area contributed by atoms with E-state index in [0.29, 0.717) is 6.04 Å². The first-order valence-electron chi connectivity index (χ1n) is 7.03. The normalized spacial score (nSPS) is 14.2. The molecule has 2 rings (SSSR count). The second kappa shape index (κ2) is 7.21. The molecule has 0 fully saturated rings. The van der Waals surface area contributed by atoms with Gasteiger partial charge in [-0.05, 0) is 38.0 Å². The number of halogens is 1. The number of benzene rings is 1. The van der Waals surface area contributed by atoms with Crippen molar-refractivity contribution in [1.29, 1.82) is 0 Å². The highest BCUT2D eigenvalue weighted by molar-refractivity contribution is 7.09. The van der Waals surface area contributed by atoms with E-state index in [1.54, 1.807) is 11.3 Å². The number of aryl methyl sites for hydroxylation is 1. The summed E-state index contributed by atoms with van der Waals surface area (Å²) < 4.78 is 0. The van der Waals surface area contributed by atoms with Crippen molar-refractivity contribution in [3.8, 4) is 0 Å². The van der Waals surface area contributed by atoms with Gasteiger partial charge in [0.15, 0.2) is 0 Å². The summed E-state index contributed by atoms with van der Waals surface area (Å²) in [5.74, 6) is 0. The van der Waals surface area contributed by atoms with E-state index in [-0.39, 0.29) is 6.04 Å². The van der Waals surface area contributed by atoms with Crippen molar-refractivity contribution >= 4 is 22.9 Å². The summed E-state index contributed by atoms with van der Waals surface area (Å²) in [4.78, 5) is 4.57. The zero-order valence-corrected chi connectivity index (χ0v) is 13.8. The van der Waals surface area contributed by atoms with E-state index in [0.717, 1.165) is 28.6 Å². The molecule has 2 unspecified atom stereocenters. The van der Waals surface area contributed by atoms with E-state index in [1.807, 2.05) is 19.1 Å². The number of rotatable bonds is 6. The highest BCUT2D eigenvalue weighted by atomic mass is 35.5. The van der Waals surface area contributed by atoms with E-state index in [9.17, 15) is 0 Å². The average Bonchev–Trinajstić information content (AvgIpc) is 2.86. The predicted octanol–water partition coefficient (Wildman–Crippen LogP) is 5.30. The Hall–Kier alpha value is -0.900. The van der Waals surface area contributed by atoms with Crippen LogP contribution in [0.3, 0.4) is 0 Å². The molecule has 0 radical (unpaired) electrons. The number of hydrogen-bond donors (Lipinski definition) is 1. The maximum atomic E-state index is 5.97. The van der Waals surface area contributed by atoms with Crippen molar-refractivity contribution < 1.29 is 0 Å². The van der Waals surface area contributed by atoms with Gasteiger partial charge in [-0.15, -0.1) is 11.3 Å². The van der Waals surface area contributed by atoms with Crippen LogP contribution in [0.1, 0.15) is 55.0 Å². The van der Waals surface area contributed by atoms with Crippen LogP contribution < -0.4 is 5.32 Å². The zero-order valence-electron chi connectivity index (χ0n) is 12.2. The molecule has 20 heavy (non-hydrogen) atoms. The van der Waals surface area contributed by atoms with Crippen LogP contribution in [0.25, 0.3) is 0 Å². The van der Waals surface area contributed by atoms with Crippen LogP contribution in [-0.2, 0) is 0 Å². The molecule has 1 heterocycles. The molecule has 1 N–H and O–H groups in total. The molecule has 2 aromatic rings. The summed E-state index contributed by atoms with van der Waals surface area (Å²) in [5, 5.41) is 7.73. The Morgan fingerprint density at radius 2 is 2.00 bits per heavy atom. The second-order valence-electron chi connectivity index (χ2n) is 5.11. The predicted molar refractivity (Wildman–Crippen MR) is 87.5 cm³/mol. The maximum Gasteiger partial charge on any atom is 0.110 e. The summed E-state index contributed by atoms with van der Waals surface area (Å²) in [6.45, 7) is 6.43. The van der Waals surface area contributed by atoms with Crippen molar-refractivity contribution in [3.05, 3.63) is 50.9 Å². The summed E-state index contributed by atoms with van der Waals surface area (Å²) in [6.07, 6.45) is 2.25. The van der Waals surface area contributed by atoms with Crippen LogP contribution in [0, 0.1) is 6.92 Å². The minimum absolute atomic E-state index is 0.265. The molecule has 0 bridgehead atoms. The molecule has 2 atom stereocenters. The Bertz CT molecular complexity index is 536. The number of aromatic nitrogens is 1. The lowest BCUT2D eigenvalue weighted by atomic mass is 10.0. The highest BCUT2D eigenvalue weighted by Gasteiger charge is 2.16. The fraction of sp³-hybridized carbons (Fsp3) is 0.438. The molecule has 2 nitrogen and oxygen atoms in total. The van der Waals surface area contributed by atoms with Gasteiger partial charge in [-0.25, -0.2) is 4.98 Å². The second-order valence-corrected chi connectivity index (χ2v) is 6.43. The Labute approximate surface area is 130 Å². The van der Waals surface area contributed by atoms with E-state index in [2.05, 4.69) is 41.7 Å². The van der Waals surface area contributed by atoms with Crippen LogP contribution in [0.15, 0.2) is 29.6 Å². The maximum absolute atomic E-state index is 5.97. The van der Waals surface area contributed by atoms with Gasteiger partial charge < -0.3 is 5.32 Å². The molecule has 0 aliphatic rings. The van der Waals surface area contributed by atoms with E-state index in [4.69, 9.17) is 11.6 Å². The number of nitrogens with one attached hydrogen (secondary N) is 1. The van der Waals surface area contributed by atoms with Crippen LogP contribution in [0.2, 0.25) is 5.02 Å². The zero-order chi connectivity index (χ0) is 14.5. The van der Waals surface area contributed by atoms with Crippen LogP contribution >= 0.6 is 22.9 Å². The van der Waals surface area contributed by atoms with E-state index >= 15 is 0 Å². The van der Waals surface area contributed by atoms with Gasteiger partial charge in [0.1, 0.15) is 5.01 Å². The monoisotopic (exact) mass is 308 g/mol. The molecule has 0 amide bonds. The third-order valence-corrected chi connectivity index (χ3v) is 4.71. The van der Waals surface area contributed by atoms with Crippen molar-refractivity contribution in [3.63, 3.8) is 0 Å². The van der Waals surface area contributed by atoms with Gasteiger partial charge in [0.05, 0.1) is 6.04 Å². The van der Waals surface area contributed by atoms with Gasteiger partial charge in [0.25, 0.3) is 0 Å². The molecular formula is C16H21ClN2S. The van der Waals surface area contributed by atoms with Crippen molar-refractivity contribution in [2.24, 2.45) is 0 Å². The molecule has 0 aliphatic carbocycles. The van der Waals surface area contributed by atoms with Crippen molar-refractivity contribution in [2.75, 3.05) is 0 Å². The Morgan fingerprint density at radius 3 is 2.55 bits per heavy atom. The third-order valence-electron chi connectivity index (χ3n) is 3.31. The fourth-order valence-corrected chi connectivity index (χ4v) is 3.21. The Kier molecular flexibility index (Phi) is 5.58. The number of thiazole rings is 1. The summed E-state index contributed by atoms with van der Waals surface area (Å²) in [6, 6.07) is 8.74. The SMILES string of the molecule is CCCC(NC(C)c1nc(C)cs1)c1ccc(Cl)cc1. The summed E-state index contributed by atoms with van der Waals surface area (Å²) in [7, 11) is 0. The van der Waals surface area contributed by atoms with Crippen LogP contribution in [0.4, 0.5) is 0 Å². The molecule has 0 aliphatic heterocycles. The van der Waals surface area contributed by atoms with Crippen molar-refractivity contribution in [2.45, 2.75) is 45.7 Å². The summed E-state index contributed by atoms with van der Waals surface area (Å²) in [5.41, 5.74) is 2.38. The molecule has 0 saturated carbocycles. The minimum atomic E-state index is 0.265. The number of hydrogen-bond acceptors (Lipinski definition) is 3. The van der Waals surface area contributed by atoms with Gasteiger partial charge in [-0.1, -0.05) is 37.1 Å². The van der Waals surface area contributed by atoms with Crippen LogP contribution in [0.5, 0.6) is 0 Å². The van der Waals surface area contributed by atoms with Gasteiger partial charge in [-0.2, -0.15) is 0 Å².